The van der Waals surface area contributed by atoms with Gasteiger partial charge in [-0.05, 0) is 105 Å². The number of nitriles is 1. The first kappa shape index (κ1) is 53.3. The third-order valence-electron chi connectivity index (χ3n) is 14.0. The lowest BCUT2D eigenvalue weighted by atomic mass is 9.79. The van der Waals surface area contributed by atoms with Gasteiger partial charge in [0.2, 0.25) is 5.95 Å². The summed E-state index contributed by atoms with van der Waals surface area (Å²) in [4.78, 5) is 43.1. The van der Waals surface area contributed by atoms with E-state index in [0.29, 0.717) is 34.8 Å². The minimum Gasteiger partial charge on any atom is -0.497 e. The molecule has 72 heavy (non-hydrogen) atoms. The Morgan fingerprint density at radius 3 is 1.97 bits per heavy atom. The smallest absolute Gasteiger partial charge is 0.280 e. The number of carbonyl (C=O) groups excluding carboxylic acids is 1. The van der Waals surface area contributed by atoms with Gasteiger partial charge in [-0.2, -0.15) is 10.2 Å². The molecule has 1 fully saturated rings. The first-order valence-corrected chi connectivity index (χ1v) is 27.6. The molecule has 0 aliphatic carbocycles. The summed E-state index contributed by atoms with van der Waals surface area (Å²) in [5, 5.41) is 9.55. The van der Waals surface area contributed by atoms with Gasteiger partial charge in [-0.25, -0.2) is 4.98 Å². The molecule has 15 nitrogen and oxygen atoms in total. The van der Waals surface area contributed by atoms with Crippen molar-refractivity contribution in [2.24, 2.45) is 5.92 Å². The van der Waals surface area contributed by atoms with Gasteiger partial charge in [0.15, 0.2) is 37.6 Å². The molecule has 16 heteroatoms. The van der Waals surface area contributed by atoms with Crippen LogP contribution in [0.2, 0.25) is 18.1 Å². The number of Topliss-reactive ketones (excluding diaryl/α,β-unsaturated/α-hetero) is 1. The summed E-state index contributed by atoms with van der Waals surface area (Å²) < 4.78 is 43.5. The molecule has 0 radical (unpaired) electrons. The first-order chi connectivity index (χ1) is 34.2. The Labute approximate surface area is 424 Å². The molecule has 6 aromatic rings. The van der Waals surface area contributed by atoms with Crippen LogP contribution in [0, 0.1) is 17.2 Å². The summed E-state index contributed by atoms with van der Waals surface area (Å²) in [6.45, 7) is 23.0. The van der Waals surface area contributed by atoms with Crippen LogP contribution in [0.3, 0.4) is 0 Å². The molecule has 2 aromatic heterocycles. The highest BCUT2D eigenvalue weighted by Gasteiger charge is 2.58. The van der Waals surface area contributed by atoms with E-state index in [-0.39, 0.29) is 46.4 Å². The zero-order valence-corrected chi connectivity index (χ0v) is 44.9. The number of nitrogen functional groups attached to an aromatic ring is 1. The zero-order chi connectivity index (χ0) is 52.3. The maximum absolute atomic E-state index is 15.7. The Bertz CT molecular complexity index is 2850. The molecular formula is C56H71N7O8Si. The number of methoxy groups -OCH3 is 2. The number of anilines is 2. The minimum absolute atomic E-state index is 0.0178. The number of imidazole rings is 1. The van der Waals surface area contributed by atoms with Gasteiger partial charge in [-0.3, -0.25) is 19.1 Å². The molecule has 1 unspecified atom stereocenters. The molecule has 0 spiro atoms. The summed E-state index contributed by atoms with van der Waals surface area (Å²) in [5.74, 6) is 0.844. The molecule has 4 aromatic carbocycles. The summed E-state index contributed by atoms with van der Waals surface area (Å²) in [7, 11) is 0.416. The van der Waals surface area contributed by atoms with Crippen LogP contribution >= 0.6 is 0 Å². The number of H-pyrrole nitrogens is 1. The Kier molecular flexibility index (Phi) is 16.0. The molecule has 5 atom stereocenters. The van der Waals surface area contributed by atoms with Crippen molar-refractivity contribution in [3.63, 3.8) is 0 Å². The fraction of sp³-hybridized carbons (Fsp3) is 0.446. The van der Waals surface area contributed by atoms with E-state index >= 15 is 4.79 Å². The Hall–Kier alpha value is -6.51. The Morgan fingerprint density at radius 1 is 0.861 bits per heavy atom. The number of rotatable bonds is 20. The van der Waals surface area contributed by atoms with Crippen molar-refractivity contribution < 1.29 is 32.9 Å². The number of ether oxygens (including phenoxy) is 5. The number of hydrogen-bond donors (Lipinski definition) is 2. The van der Waals surface area contributed by atoms with Crippen LogP contribution in [0.1, 0.15) is 97.2 Å². The summed E-state index contributed by atoms with van der Waals surface area (Å²) in [5.41, 5.74) is 8.35. The van der Waals surface area contributed by atoms with E-state index in [1.807, 2.05) is 111 Å². The average Bonchev–Trinajstić information content (AvgIpc) is 3.92. The molecule has 3 N–H and O–H groups in total. The van der Waals surface area contributed by atoms with Crippen LogP contribution in [-0.4, -0.2) is 84.3 Å². The van der Waals surface area contributed by atoms with Crippen molar-refractivity contribution >= 4 is 36.9 Å². The lowest BCUT2D eigenvalue weighted by Crippen LogP contribution is -2.54. The number of nitrogens with two attached hydrogens (primary N) is 1. The number of hydrogen-bond acceptors (Lipinski definition) is 13. The number of benzene rings is 4. The normalized spacial score (nSPS) is 17.9. The van der Waals surface area contributed by atoms with Crippen LogP contribution in [0.25, 0.3) is 11.2 Å². The monoisotopic (exact) mass is 998 g/mol. The van der Waals surface area contributed by atoms with E-state index in [2.05, 4.69) is 87.5 Å². The van der Waals surface area contributed by atoms with Crippen molar-refractivity contribution in [1.29, 1.82) is 5.26 Å². The second-order valence-electron chi connectivity index (χ2n) is 20.8. The summed E-state index contributed by atoms with van der Waals surface area (Å²) in [6.07, 6.45) is -3.48. The van der Waals surface area contributed by atoms with Gasteiger partial charge in [0.1, 0.15) is 41.2 Å². The highest BCUT2D eigenvalue weighted by molar-refractivity contribution is 6.74. The fourth-order valence-electron chi connectivity index (χ4n) is 9.48. The molecule has 1 aliphatic rings. The highest BCUT2D eigenvalue weighted by Crippen LogP contribution is 2.49. The van der Waals surface area contributed by atoms with Crippen LogP contribution in [-0.2, 0) is 30.7 Å². The van der Waals surface area contributed by atoms with E-state index in [0.717, 1.165) is 16.8 Å². The molecule has 1 aliphatic heterocycles. The van der Waals surface area contributed by atoms with E-state index in [1.165, 1.54) is 6.33 Å². The lowest BCUT2D eigenvalue weighted by molar-refractivity contribution is -0.167. The van der Waals surface area contributed by atoms with Crippen molar-refractivity contribution in [1.82, 2.24) is 19.5 Å². The number of fused-ring (bicyclic) bond motifs is 1. The topological polar surface area (TPSA) is 189 Å². The van der Waals surface area contributed by atoms with Gasteiger partial charge >= 0.3 is 0 Å². The van der Waals surface area contributed by atoms with Gasteiger partial charge in [0.05, 0.1) is 32.3 Å². The van der Waals surface area contributed by atoms with Gasteiger partial charge in [0.25, 0.3) is 5.56 Å². The lowest BCUT2D eigenvalue weighted by Gasteiger charge is -2.43. The largest absolute Gasteiger partial charge is 0.497 e. The van der Waals surface area contributed by atoms with E-state index in [1.54, 1.807) is 18.8 Å². The van der Waals surface area contributed by atoms with Crippen molar-refractivity contribution in [3.05, 3.63) is 136 Å². The molecule has 7 rings (SSSR count). The number of carbonyl (C=O) groups is 1. The second kappa shape index (κ2) is 21.7. The van der Waals surface area contributed by atoms with Crippen molar-refractivity contribution in [3.8, 4) is 23.3 Å². The highest BCUT2D eigenvalue weighted by atomic mass is 28.4. The number of aromatic nitrogens is 4. The summed E-state index contributed by atoms with van der Waals surface area (Å²) >= 11 is 0. The molecule has 382 valence electrons. The van der Waals surface area contributed by atoms with E-state index in [9.17, 15) is 10.1 Å². The van der Waals surface area contributed by atoms with Gasteiger partial charge in [-0.15, -0.1) is 0 Å². The fourth-order valence-corrected chi connectivity index (χ4v) is 10.8. The maximum atomic E-state index is 15.7. The standard InChI is InChI=1S/C56H71N7O8Si/c1-34(2)46(64)47(70-56(38-21-15-14-16-22-38,39-24-28-41(66-10)29-25-39)40-26-30-42(67-11)31-27-40)48-49(68-43-23-17-19-37(20-18-32-57)45(43)63(35(3)4)36(5)6)50(71-72(12,13)55(7,8)9)53(69-48)62-33-59-44-51(62)60-54(58)61-52(44)65/h14-17,19,21-31,33-36,47-50,53H,18,20H2,1-13H3,(H3,58,60,61,65)/t47?,48-,49-,50-,53-/m1/s1. The van der Waals surface area contributed by atoms with Crippen molar-refractivity contribution in [2.45, 2.75) is 142 Å². The Morgan fingerprint density at radius 2 is 1.44 bits per heavy atom. The zero-order valence-electron chi connectivity index (χ0n) is 43.9. The average molecular weight is 998 g/mol. The number of aryl methyl sites for hydroxylation is 1. The quantitative estimate of drug-likeness (QED) is 0.0544. The number of nitrogens with zero attached hydrogens (tertiary/aromatic N) is 5. The number of ketones is 1. The van der Waals surface area contributed by atoms with E-state index < -0.39 is 56.0 Å². The molecule has 0 bridgehead atoms. The maximum Gasteiger partial charge on any atom is 0.280 e. The number of aromatic amines is 1. The van der Waals surface area contributed by atoms with Gasteiger partial charge in [-0.1, -0.05) is 101 Å². The predicted octanol–water partition coefficient (Wildman–Crippen LogP) is 10.1. The first-order valence-electron chi connectivity index (χ1n) is 24.7. The van der Waals surface area contributed by atoms with E-state index in [4.69, 9.17) is 33.8 Å². The van der Waals surface area contributed by atoms with Gasteiger partial charge in [0, 0.05) is 24.4 Å². The second-order valence-corrected chi connectivity index (χ2v) is 25.6. The van der Waals surface area contributed by atoms with Crippen LogP contribution in [0.4, 0.5) is 11.6 Å². The van der Waals surface area contributed by atoms with Crippen LogP contribution < -0.4 is 30.4 Å². The third kappa shape index (κ3) is 10.5. The molecular weight excluding hydrogens is 927 g/mol. The SMILES string of the molecule is COc1ccc(C(OC(C(=O)C(C)C)[C@H]2O[C@@H](n3cnc4c(=O)[nH]c(N)nc43)[C@H](O[Si](C)(C)C(C)(C)C)[C@@H]2Oc2cccc(CCC#N)c2N(C(C)C)C(C)C)(c2ccccc2)c2ccc(OC)cc2)cc1. The summed E-state index contributed by atoms with van der Waals surface area (Å²) in [6, 6.07) is 33.3. The Balaban J connectivity index is 1.57. The van der Waals surface area contributed by atoms with Gasteiger partial charge < -0.3 is 38.7 Å². The predicted molar refractivity (Wildman–Crippen MR) is 283 cm³/mol. The number of para-hydroxylation sites is 1. The number of nitrogens with one attached hydrogen (secondary N) is 1. The van der Waals surface area contributed by atoms with Crippen molar-refractivity contribution in [2.75, 3.05) is 24.9 Å². The molecule has 1 saturated heterocycles. The molecule has 0 saturated carbocycles. The van der Waals surface area contributed by atoms with Crippen LogP contribution in [0.15, 0.2) is 108 Å². The van der Waals surface area contributed by atoms with Crippen LogP contribution in [0.5, 0.6) is 17.2 Å². The third-order valence-corrected chi connectivity index (χ3v) is 18.5. The molecule has 3 heterocycles. The minimum atomic E-state index is -2.81. The molecule has 0 amide bonds.